The van der Waals surface area contributed by atoms with Crippen molar-refractivity contribution in [1.29, 1.82) is 0 Å². The topological polar surface area (TPSA) is 20.2 Å². The largest absolute Gasteiger partial charge is 0.421 e. The molecule has 1 unspecified atom stereocenters. The summed E-state index contributed by atoms with van der Waals surface area (Å²) in [5.74, 6) is 0. The van der Waals surface area contributed by atoms with Crippen LogP contribution in [0.4, 0.5) is 13.2 Å². The van der Waals surface area contributed by atoms with Crippen LogP contribution in [0.1, 0.15) is 12.5 Å². The predicted molar refractivity (Wildman–Crippen MR) is 57.5 cm³/mol. The third kappa shape index (κ3) is 1.70. The number of hydrogen-bond acceptors (Lipinski definition) is 2. The molecule has 1 aromatic carbocycles. The van der Waals surface area contributed by atoms with Gasteiger partial charge < -0.3 is 5.11 Å². The van der Waals surface area contributed by atoms with Gasteiger partial charge in [0.05, 0.1) is 0 Å². The highest BCUT2D eigenvalue weighted by molar-refractivity contribution is 7.17. The second kappa shape index (κ2) is 3.46. The molecule has 1 nitrogen and oxygen atoms in total. The number of hydrogen-bond donors (Lipinski definition) is 1. The number of benzene rings is 1. The maximum atomic E-state index is 12.6. The van der Waals surface area contributed by atoms with Crippen LogP contribution in [0, 0.1) is 0 Å². The van der Waals surface area contributed by atoms with E-state index in [-0.39, 0.29) is 5.56 Å². The quantitative estimate of drug-likeness (QED) is 0.814. The van der Waals surface area contributed by atoms with E-state index in [1.54, 1.807) is 17.5 Å². The van der Waals surface area contributed by atoms with Crippen LogP contribution in [0.5, 0.6) is 0 Å². The number of alkyl halides is 3. The van der Waals surface area contributed by atoms with Crippen LogP contribution in [0.25, 0.3) is 10.1 Å². The van der Waals surface area contributed by atoms with Gasteiger partial charge in [-0.25, -0.2) is 0 Å². The number of rotatable bonds is 1. The van der Waals surface area contributed by atoms with Gasteiger partial charge in [0.1, 0.15) is 0 Å². The molecule has 0 amide bonds. The average Bonchev–Trinajstić information content (AvgIpc) is 2.61. The predicted octanol–water partition coefficient (Wildman–Crippen LogP) is 3.67. The van der Waals surface area contributed by atoms with Gasteiger partial charge in [-0.2, -0.15) is 13.2 Å². The molecular formula is C11H9F3OS. The SMILES string of the molecule is CC(O)(c1ccc2sccc2c1)C(F)(F)F. The van der Waals surface area contributed by atoms with Gasteiger partial charge in [0, 0.05) is 4.70 Å². The lowest BCUT2D eigenvalue weighted by Gasteiger charge is -2.26. The van der Waals surface area contributed by atoms with E-state index in [0.717, 1.165) is 11.6 Å². The van der Waals surface area contributed by atoms with Gasteiger partial charge >= 0.3 is 6.18 Å². The standard InChI is InChI=1S/C11H9F3OS/c1-10(15,11(12,13)14)8-2-3-9-7(6-8)4-5-16-9/h2-6,15H,1H3. The highest BCUT2D eigenvalue weighted by Gasteiger charge is 2.51. The normalized spacial score (nSPS) is 16.3. The van der Waals surface area contributed by atoms with Crippen LogP contribution in [-0.4, -0.2) is 11.3 Å². The zero-order chi connectivity index (χ0) is 12.0. The van der Waals surface area contributed by atoms with Crippen molar-refractivity contribution < 1.29 is 18.3 Å². The Hall–Kier alpha value is -1.07. The lowest BCUT2D eigenvalue weighted by Crippen LogP contribution is -2.39. The maximum absolute atomic E-state index is 12.6. The van der Waals surface area contributed by atoms with Crippen LogP contribution >= 0.6 is 11.3 Å². The molecule has 0 spiro atoms. The Balaban J connectivity index is 2.54. The average molecular weight is 246 g/mol. The Bertz CT molecular complexity index is 513. The molecule has 16 heavy (non-hydrogen) atoms. The van der Waals surface area contributed by atoms with E-state index >= 15 is 0 Å². The molecule has 0 aliphatic carbocycles. The third-order valence-electron chi connectivity index (χ3n) is 2.57. The zero-order valence-electron chi connectivity index (χ0n) is 8.38. The number of thiophene rings is 1. The molecule has 86 valence electrons. The summed E-state index contributed by atoms with van der Waals surface area (Å²) in [6.07, 6.45) is -4.67. The van der Waals surface area contributed by atoms with Crippen molar-refractivity contribution in [3.63, 3.8) is 0 Å². The Morgan fingerprint density at radius 3 is 2.50 bits per heavy atom. The van der Waals surface area contributed by atoms with Crippen molar-refractivity contribution >= 4 is 21.4 Å². The third-order valence-corrected chi connectivity index (χ3v) is 3.46. The molecule has 0 bridgehead atoms. The molecule has 0 aliphatic heterocycles. The van der Waals surface area contributed by atoms with Crippen molar-refractivity contribution in [3.8, 4) is 0 Å². The minimum absolute atomic E-state index is 0.133. The van der Waals surface area contributed by atoms with E-state index < -0.39 is 11.8 Å². The second-order valence-electron chi connectivity index (χ2n) is 3.74. The summed E-state index contributed by atoms with van der Waals surface area (Å²) in [5.41, 5.74) is -2.94. The summed E-state index contributed by atoms with van der Waals surface area (Å²) in [6, 6.07) is 6.01. The first kappa shape index (κ1) is 11.4. The van der Waals surface area contributed by atoms with E-state index in [0.29, 0.717) is 5.39 Å². The smallest absolute Gasteiger partial charge is 0.376 e. The Morgan fingerprint density at radius 2 is 1.88 bits per heavy atom. The molecule has 1 atom stereocenters. The molecule has 0 saturated carbocycles. The van der Waals surface area contributed by atoms with Gasteiger partial charge in [0.2, 0.25) is 0 Å². The Labute approximate surface area is 94.1 Å². The molecule has 0 fully saturated rings. The molecule has 2 rings (SSSR count). The van der Waals surface area contributed by atoms with Crippen LogP contribution in [0.2, 0.25) is 0 Å². The van der Waals surface area contributed by atoms with Crippen LogP contribution < -0.4 is 0 Å². The van der Waals surface area contributed by atoms with Crippen molar-refractivity contribution in [1.82, 2.24) is 0 Å². The van der Waals surface area contributed by atoms with E-state index in [4.69, 9.17) is 0 Å². The van der Waals surface area contributed by atoms with Crippen molar-refractivity contribution in [3.05, 3.63) is 35.2 Å². The van der Waals surface area contributed by atoms with Gasteiger partial charge in [-0.05, 0) is 41.5 Å². The lowest BCUT2D eigenvalue weighted by atomic mass is 9.94. The van der Waals surface area contributed by atoms with Gasteiger partial charge in [0.15, 0.2) is 5.60 Å². The molecular weight excluding hydrogens is 237 g/mol. The van der Waals surface area contributed by atoms with Crippen molar-refractivity contribution in [2.24, 2.45) is 0 Å². The lowest BCUT2D eigenvalue weighted by molar-refractivity contribution is -0.258. The monoisotopic (exact) mass is 246 g/mol. The fourth-order valence-electron chi connectivity index (χ4n) is 1.43. The molecule has 5 heteroatoms. The molecule has 0 radical (unpaired) electrons. The zero-order valence-corrected chi connectivity index (χ0v) is 9.19. The van der Waals surface area contributed by atoms with Gasteiger partial charge in [-0.15, -0.1) is 11.3 Å². The van der Waals surface area contributed by atoms with Gasteiger partial charge in [-0.3, -0.25) is 0 Å². The maximum Gasteiger partial charge on any atom is 0.421 e. The minimum atomic E-state index is -4.67. The fourth-order valence-corrected chi connectivity index (χ4v) is 2.20. The summed E-state index contributed by atoms with van der Waals surface area (Å²) in [7, 11) is 0. The van der Waals surface area contributed by atoms with Gasteiger partial charge in [-0.1, -0.05) is 6.07 Å². The molecule has 1 N–H and O–H groups in total. The first-order valence-electron chi connectivity index (χ1n) is 4.59. The first-order chi connectivity index (χ1) is 7.32. The summed E-state index contributed by atoms with van der Waals surface area (Å²) >= 11 is 1.45. The Kier molecular flexibility index (Phi) is 2.47. The van der Waals surface area contributed by atoms with E-state index in [2.05, 4.69) is 0 Å². The fraction of sp³-hybridized carbons (Fsp3) is 0.273. The van der Waals surface area contributed by atoms with E-state index in [1.807, 2.05) is 0 Å². The number of halogens is 3. The van der Waals surface area contributed by atoms with Crippen molar-refractivity contribution in [2.75, 3.05) is 0 Å². The molecule has 1 heterocycles. The molecule has 2 aromatic rings. The van der Waals surface area contributed by atoms with Gasteiger partial charge in [0.25, 0.3) is 0 Å². The molecule has 1 aromatic heterocycles. The van der Waals surface area contributed by atoms with E-state index in [9.17, 15) is 18.3 Å². The van der Waals surface area contributed by atoms with Crippen molar-refractivity contribution in [2.45, 2.75) is 18.7 Å². The minimum Gasteiger partial charge on any atom is -0.376 e. The van der Waals surface area contributed by atoms with Crippen LogP contribution in [0.15, 0.2) is 29.6 Å². The first-order valence-corrected chi connectivity index (χ1v) is 5.47. The summed E-state index contributed by atoms with van der Waals surface area (Å²) in [4.78, 5) is 0. The highest BCUT2D eigenvalue weighted by atomic mass is 32.1. The molecule has 0 saturated heterocycles. The van der Waals surface area contributed by atoms with E-state index in [1.165, 1.54) is 23.5 Å². The summed E-state index contributed by atoms with van der Waals surface area (Å²) in [5, 5.41) is 12.0. The second-order valence-corrected chi connectivity index (χ2v) is 4.69. The summed E-state index contributed by atoms with van der Waals surface area (Å²) in [6.45, 7) is 0.764. The highest BCUT2D eigenvalue weighted by Crippen LogP contribution is 2.39. The van der Waals surface area contributed by atoms with Crippen LogP contribution in [-0.2, 0) is 5.60 Å². The summed E-state index contributed by atoms with van der Waals surface area (Å²) < 4.78 is 38.7. The number of aliphatic hydroxyl groups is 1. The number of fused-ring (bicyclic) bond motifs is 1. The van der Waals surface area contributed by atoms with Crippen LogP contribution in [0.3, 0.4) is 0 Å². The Morgan fingerprint density at radius 1 is 1.19 bits per heavy atom. The molecule has 0 aliphatic rings.